The van der Waals surface area contributed by atoms with Crippen molar-refractivity contribution in [1.29, 1.82) is 0 Å². The summed E-state index contributed by atoms with van der Waals surface area (Å²) in [6, 6.07) is 4.54. The molecule has 5 atom stereocenters. The summed E-state index contributed by atoms with van der Waals surface area (Å²) in [6.45, 7) is 7.70. The Labute approximate surface area is 278 Å². The van der Waals surface area contributed by atoms with Gasteiger partial charge in [-0.3, -0.25) is 9.59 Å². The lowest BCUT2D eigenvalue weighted by Crippen LogP contribution is -2.61. The van der Waals surface area contributed by atoms with Crippen LogP contribution >= 0.6 is 0 Å². The lowest BCUT2D eigenvalue weighted by molar-refractivity contribution is -0.151. The van der Waals surface area contributed by atoms with Gasteiger partial charge in [0.2, 0.25) is 11.9 Å². The monoisotopic (exact) mass is 680 g/mol. The summed E-state index contributed by atoms with van der Waals surface area (Å²) >= 11 is 0. The van der Waals surface area contributed by atoms with Crippen LogP contribution in [0.4, 0.5) is 0 Å². The summed E-state index contributed by atoms with van der Waals surface area (Å²) in [5.41, 5.74) is 0.641. The van der Waals surface area contributed by atoms with Crippen LogP contribution in [-0.2, 0) is 40.5 Å². The standard InChI is InChI=1S/C33H52N4O9S/c1-4-17-46-33(42)29(32(41)34-26(21-24-11-7-5-8-12-24)30(39)28(38)20-23(2)3)35-31(40)27(22-25-13-9-6-10-14-25)36-47(43,44)37-15-18-45-19-16-37/h4,6,9-10,13-14,23-24,26-30,36,38-39H,1,5,7-8,11-12,15-22H2,2-3H3,(H,34,41)(H,35,40)/t26-,27-,28-,29?,30+/m0/s1. The van der Waals surface area contributed by atoms with Crippen molar-refractivity contribution in [3.05, 3.63) is 48.6 Å². The Morgan fingerprint density at radius 2 is 1.70 bits per heavy atom. The molecule has 1 unspecified atom stereocenters. The van der Waals surface area contributed by atoms with Crippen LogP contribution in [-0.4, -0.2) is 104 Å². The summed E-state index contributed by atoms with van der Waals surface area (Å²) in [6.07, 6.45) is 4.41. The summed E-state index contributed by atoms with van der Waals surface area (Å²) < 4.78 is 40.6. The molecule has 1 heterocycles. The average Bonchev–Trinajstić information content (AvgIpc) is 3.05. The number of nitrogens with zero attached hydrogens (tertiary/aromatic N) is 1. The Hall–Kier alpha value is -2.88. The minimum Gasteiger partial charge on any atom is -0.460 e. The molecule has 14 heteroatoms. The quantitative estimate of drug-likeness (QED) is 0.0864. The molecule has 2 amide bonds. The highest BCUT2D eigenvalue weighted by molar-refractivity contribution is 7.87. The molecule has 0 spiro atoms. The fraction of sp³-hybridized carbons (Fsp3) is 0.667. The zero-order valence-electron chi connectivity index (χ0n) is 27.5. The molecular weight excluding hydrogens is 628 g/mol. The van der Waals surface area contributed by atoms with Crippen LogP contribution in [0.25, 0.3) is 0 Å². The Morgan fingerprint density at radius 3 is 2.32 bits per heavy atom. The molecule has 1 saturated carbocycles. The van der Waals surface area contributed by atoms with E-state index in [-0.39, 0.29) is 51.2 Å². The maximum absolute atomic E-state index is 13.8. The van der Waals surface area contributed by atoms with Crippen LogP contribution in [0.2, 0.25) is 0 Å². The Balaban J connectivity index is 1.87. The number of esters is 1. The number of hydrogen-bond donors (Lipinski definition) is 5. The first-order chi connectivity index (χ1) is 22.4. The van der Waals surface area contributed by atoms with Gasteiger partial charge < -0.3 is 30.3 Å². The number of amides is 2. The number of morpholine rings is 1. The van der Waals surface area contributed by atoms with E-state index in [4.69, 9.17) is 9.47 Å². The highest BCUT2D eigenvalue weighted by Gasteiger charge is 2.38. The van der Waals surface area contributed by atoms with Gasteiger partial charge in [-0.25, -0.2) is 4.79 Å². The normalized spacial score (nSPS) is 19.6. The van der Waals surface area contributed by atoms with E-state index in [9.17, 15) is 33.0 Å². The zero-order valence-corrected chi connectivity index (χ0v) is 28.3. The lowest BCUT2D eigenvalue weighted by Gasteiger charge is -2.33. The number of ether oxygens (including phenoxy) is 2. The van der Waals surface area contributed by atoms with E-state index >= 15 is 0 Å². The van der Waals surface area contributed by atoms with Crippen molar-refractivity contribution in [2.45, 2.75) is 95.5 Å². The molecule has 2 fully saturated rings. The van der Waals surface area contributed by atoms with E-state index in [1.807, 2.05) is 13.8 Å². The van der Waals surface area contributed by atoms with Crippen LogP contribution in [0.15, 0.2) is 43.0 Å². The van der Waals surface area contributed by atoms with Gasteiger partial charge in [-0.2, -0.15) is 17.4 Å². The molecule has 3 rings (SSSR count). The van der Waals surface area contributed by atoms with Crippen LogP contribution in [0.3, 0.4) is 0 Å². The largest absolute Gasteiger partial charge is 0.460 e. The molecular formula is C33H52N4O9S. The molecule has 0 radical (unpaired) electrons. The number of carbonyl (C=O) groups excluding carboxylic acids is 3. The zero-order chi connectivity index (χ0) is 34.4. The number of rotatable bonds is 18. The SMILES string of the molecule is C=CCOC(=O)C(NC(=O)[C@H](Cc1ccccc1)NS(=O)(=O)N1CCOCC1)C(=O)N[C@@H](CC1CCCCC1)[C@@H](O)[C@@H](O)CC(C)C. The minimum atomic E-state index is -4.15. The summed E-state index contributed by atoms with van der Waals surface area (Å²) in [7, 11) is -4.15. The molecule has 1 aromatic rings. The Bertz CT molecular complexity index is 1250. The second kappa shape index (κ2) is 19.2. The van der Waals surface area contributed by atoms with E-state index in [1.165, 1.54) is 10.4 Å². The van der Waals surface area contributed by atoms with E-state index in [2.05, 4.69) is 21.9 Å². The summed E-state index contributed by atoms with van der Waals surface area (Å²) in [4.78, 5) is 40.8. The highest BCUT2D eigenvalue weighted by atomic mass is 32.2. The first kappa shape index (κ1) is 38.6. The van der Waals surface area contributed by atoms with Crippen LogP contribution in [0.5, 0.6) is 0 Å². The maximum Gasteiger partial charge on any atom is 0.338 e. The average molecular weight is 681 g/mol. The van der Waals surface area contributed by atoms with Gasteiger partial charge in [-0.1, -0.05) is 88.9 Å². The molecule has 47 heavy (non-hydrogen) atoms. The first-order valence-corrected chi connectivity index (χ1v) is 18.0. The van der Waals surface area contributed by atoms with Gasteiger partial charge in [0, 0.05) is 13.1 Å². The van der Waals surface area contributed by atoms with Gasteiger partial charge in [0.25, 0.3) is 16.1 Å². The fourth-order valence-corrected chi connectivity index (χ4v) is 7.33. The second-order valence-corrected chi connectivity index (χ2v) is 14.5. The van der Waals surface area contributed by atoms with Crippen molar-refractivity contribution >= 4 is 28.0 Å². The van der Waals surface area contributed by atoms with Crippen LogP contribution in [0.1, 0.15) is 64.4 Å². The smallest absolute Gasteiger partial charge is 0.338 e. The van der Waals surface area contributed by atoms with Gasteiger partial charge in [-0.05, 0) is 36.7 Å². The molecule has 0 aromatic heterocycles. The van der Waals surface area contributed by atoms with Crippen molar-refractivity contribution < 1.29 is 42.5 Å². The van der Waals surface area contributed by atoms with Crippen molar-refractivity contribution in [3.8, 4) is 0 Å². The van der Waals surface area contributed by atoms with Gasteiger partial charge >= 0.3 is 5.97 Å². The van der Waals surface area contributed by atoms with Crippen LogP contribution < -0.4 is 15.4 Å². The molecule has 13 nitrogen and oxygen atoms in total. The summed E-state index contributed by atoms with van der Waals surface area (Å²) in [5.74, 6) is -2.68. The fourth-order valence-electron chi connectivity index (χ4n) is 6.00. The van der Waals surface area contributed by atoms with Crippen molar-refractivity contribution in [2.24, 2.45) is 11.8 Å². The van der Waals surface area contributed by atoms with Crippen molar-refractivity contribution in [1.82, 2.24) is 19.7 Å². The molecule has 5 N–H and O–H groups in total. The van der Waals surface area contributed by atoms with Gasteiger partial charge in [0.15, 0.2) is 0 Å². The number of benzene rings is 1. The third-order valence-corrected chi connectivity index (χ3v) is 10.1. The molecule has 1 aromatic carbocycles. The molecule has 0 bridgehead atoms. The van der Waals surface area contributed by atoms with E-state index < -0.39 is 58.3 Å². The highest BCUT2D eigenvalue weighted by Crippen LogP contribution is 2.29. The molecule has 1 saturated heterocycles. The Morgan fingerprint density at radius 1 is 1.04 bits per heavy atom. The number of carbonyl (C=O) groups is 3. The first-order valence-electron chi connectivity index (χ1n) is 16.5. The van der Waals surface area contributed by atoms with Crippen LogP contribution in [0, 0.1) is 11.8 Å². The topological polar surface area (TPSA) is 184 Å². The third-order valence-electron chi connectivity index (χ3n) is 8.49. The van der Waals surface area contributed by atoms with Gasteiger partial charge in [0.05, 0.1) is 25.4 Å². The number of nitrogens with one attached hydrogen (secondary N) is 3. The predicted molar refractivity (Wildman–Crippen MR) is 176 cm³/mol. The van der Waals surface area contributed by atoms with Crippen molar-refractivity contribution in [3.63, 3.8) is 0 Å². The molecule has 2 aliphatic rings. The number of aliphatic hydroxyl groups excluding tert-OH is 2. The van der Waals surface area contributed by atoms with E-state index in [0.717, 1.165) is 32.1 Å². The second-order valence-electron chi connectivity index (χ2n) is 12.8. The lowest BCUT2D eigenvalue weighted by atomic mass is 9.82. The van der Waals surface area contributed by atoms with Gasteiger partial charge in [-0.15, -0.1) is 0 Å². The minimum absolute atomic E-state index is 0.0727. The summed E-state index contributed by atoms with van der Waals surface area (Å²) in [5, 5.41) is 27.1. The predicted octanol–water partition coefficient (Wildman–Crippen LogP) is 1.20. The number of aliphatic hydroxyl groups is 2. The van der Waals surface area contributed by atoms with E-state index in [1.54, 1.807) is 30.3 Å². The number of hydrogen-bond acceptors (Lipinski definition) is 9. The molecule has 1 aliphatic carbocycles. The molecule has 264 valence electrons. The van der Waals surface area contributed by atoms with Gasteiger partial charge in [0.1, 0.15) is 18.8 Å². The maximum atomic E-state index is 13.8. The Kier molecular flexibility index (Phi) is 15.8. The van der Waals surface area contributed by atoms with Crippen molar-refractivity contribution in [2.75, 3.05) is 32.9 Å². The molecule has 1 aliphatic heterocycles. The van der Waals surface area contributed by atoms with E-state index in [0.29, 0.717) is 18.4 Å². The third kappa shape index (κ3) is 12.6.